The molecule has 0 bridgehead atoms. The molecule has 1 aromatic carbocycles. The Kier molecular flexibility index (Phi) is 3.78. The van der Waals surface area contributed by atoms with Gasteiger partial charge in [-0.15, -0.1) is 0 Å². The zero-order valence-corrected chi connectivity index (χ0v) is 13.1. The van der Waals surface area contributed by atoms with Gasteiger partial charge < -0.3 is 4.90 Å². The van der Waals surface area contributed by atoms with Crippen molar-refractivity contribution < 1.29 is 13.6 Å². The summed E-state index contributed by atoms with van der Waals surface area (Å²) in [6.45, 7) is 1.30. The van der Waals surface area contributed by atoms with E-state index in [2.05, 4.69) is 10.1 Å². The van der Waals surface area contributed by atoms with E-state index in [1.165, 1.54) is 12.4 Å². The van der Waals surface area contributed by atoms with Crippen LogP contribution in [0.4, 0.5) is 8.78 Å². The fraction of sp³-hybridized carbons (Fsp3) is 0.471. The van der Waals surface area contributed by atoms with Crippen molar-refractivity contribution in [2.75, 3.05) is 13.1 Å². The molecule has 1 amide bonds. The summed E-state index contributed by atoms with van der Waals surface area (Å²) in [5.74, 6) is -2.09. The Morgan fingerprint density at radius 1 is 1.29 bits per heavy atom. The molecule has 1 aromatic heterocycles. The van der Waals surface area contributed by atoms with Gasteiger partial charge in [0.15, 0.2) is 11.6 Å². The van der Waals surface area contributed by atoms with Crippen LogP contribution in [0.1, 0.15) is 36.8 Å². The second-order valence-electron chi connectivity index (χ2n) is 6.55. The summed E-state index contributed by atoms with van der Waals surface area (Å²) in [6.07, 6.45) is 5.61. The van der Waals surface area contributed by atoms with Crippen LogP contribution >= 0.6 is 0 Å². The molecule has 5 nitrogen and oxygen atoms in total. The summed E-state index contributed by atoms with van der Waals surface area (Å²) in [6, 6.07) is 4.30. The van der Waals surface area contributed by atoms with E-state index in [1.54, 1.807) is 17.1 Å². The molecule has 0 radical (unpaired) electrons. The molecule has 2 aliphatic rings. The van der Waals surface area contributed by atoms with Gasteiger partial charge in [-0.2, -0.15) is 5.10 Å². The van der Waals surface area contributed by atoms with Gasteiger partial charge in [0, 0.05) is 19.0 Å². The molecule has 1 aliphatic carbocycles. The highest BCUT2D eigenvalue weighted by Crippen LogP contribution is 2.49. The number of likely N-dealkylation sites (tertiary alicyclic amines) is 1. The van der Waals surface area contributed by atoms with E-state index < -0.39 is 11.6 Å². The minimum absolute atomic E-state index is 0.0356. The maximum atomic E-state index is 13.9. The van der Waals surface area contributed by atoms with Gasteiger partial charge in [-0.05, 0) is 36.8 Å². The van der Waals surface area contributed by atoms with Crippen molar-refractivity contribution in [3.63, 3.8) is 0 Å². The highest BCUT2D eigenvalue weighted by atomic mass is 19.2. The Morgan fingerprint density at radius 2 is 2.17 bits per heavy atom. The minimum atomic E-state index is -0.852. The summed E-state index contributed by atoms with van der Waals surface area (Å²) in [5, 5.41) is 4.15. The summed E-state index contributed by atoms with van der Waals surface area (Å²) < 4.78 is 29.1. The van der Waals surface area contributed by atoms with Crippen molar-refractivity contribution >= 4 is 5.91 Å². The molecule has 1 saturated carbocycles. The standard InChI is InChI=1S/C17H18F2N4O/c18-15-5-1-4-12(16(15)19)13-7-14(13)17(24)22-6-2-3-11(8-22)23-10-20-9-21-23/h1,4-5,9-11,13-14H,2-3,6-8H2/t11-,13-,14-/m1/s1. The van der Waals surface area contributed by atoms with E-state index in [-0.39, 0.29) is 23.8 Å². The fourth-order valence-electron chi connectivity index (χ4n) is 3.63. The van der Waals surface area contributed by atoms with Crippen LogP contribution in [0.25, 0.3) is 0 Å². The van der Waals surface area contributed by atoms with Crippen LogP contribution in [-0.2, 0) is 4.79 Å². The fourth-order valence-corrected chi connectivity index (χ4v) is 3.63. The molecule has 1 aliphatic heterocycles. The van der Waals surface area contributed by atoms with Crippen molar-refractivity contribution in [2.45, 2.75) is 31.2 Å². The summed E-state index contributed by atoms with van der Waals surface area (Å²) in [7, 11) is 0. The van der Waals surface area contributed by atoms with E-state index in [1.807, 2.05) is 4.90 Å². The molecule has 126 valence electrons. The van der Waals surface area contributed by atoms with E-state index in [4.69, 9.17) is 0 Å². The Labute approximate surface area is 138 Å². The van der Waals surface area contributed by atoms with Crippen LogP contribution in [0.15, 0.2) is 30.9 Å². The SMILES string of the molecule is O=C([C@@H]1C[C@@H]1c1cccc(F)c1F)N1CCC[C@@H](n2cncn2)C1. The van der Waals surface area contributed by atoms with Gasteiger partial charge >= 0.3 is 0 Å². The highest BCUT2D eigenvalue weighted by molar-refractivity contribution is 5.83. The molecule has 3 atom stereocenters. The third-order valence-electron chi connectivity index (χ3n) is 5.01. The third kappa shape index (κ3) is 2.68. The first-order chi connectivity index (χ1) is 11.6. The number of benzene rings is 1. The van der Waals surface area contributed by atoms with Crippen LogP contribution in [0, 0.1) is 17.6 Å². The van der Waals surface area contributed by atoms with E-state index in [0.717, 1.165) is 18.9 Å². The maximum Gasteiger partial charge on any atom is 0.226 e. The first kappa shape index (κ1) is 15.2. The lowest BCUT2D eigenvalue weighted by Gasteiger charge is -2.32. The number of amides is 1. The molecule has 0 N–H and O–H groups in total. The molecule has 2 aromatic rings. The maximum absolute atomic E-state index is 13.9. The lowest BCUT2D eigenvalue weighted by molar-refractivity contribution is -0.134. The van der Waals surface area contributed by atoms with E-state index in [9.17, 15) is 13.6 Å². The van der Waals surface area contributed by atoms with Gasteiger partial charge in [-0.3, -0.25) is 4.79 Å². The normalized spacial score (nSPS) is 26.4. The minimum Gasteiger partial charge on any atom is -0.340 e. The van der Waals surface area contributed by atoms with Crippen LogP contribution in [0.3, 0.4) is 0 Å². The number of hydrogen-bond donors (Lipinski definition) is 0. The predicted octanol–water partition coefficient (Wildman–Crippen LogP) is 2.52. The Hall–Kier alpha value is -2.31. The molecule has 2 heterocycles. The molecule has 7 heteroatoms. The van der Waals surface area contributed by atoms with Gasteiger partial charge in [0.25, 0.3) is 0 Å². The van der Waals surface area contributed by atoms with Crippen molar-refractivity contribution in [1.29, 1.82) is 0 Å². The lowest BCUT2D eigenvalue weighted by Crippen LogP contribution is -2.41. The number of rotatable bonds is 3. The molecule has 24 heavy (non-hydrogen) atoms. The predicted molar refractivity (Wildman–Crippen MR) is 82.1 cm³/mol. The first-order valence-electron chi connectivity index (χ1n) is 8.22. The van der Waals surface area contributed by atoms with Gasteiger partial charge in [0.1, 0.15) is 12.7 Å². The number of nitrogens with zero attached hydrogens (tertiary/aromatic N) is 4. The quantitative estimate of drug-likeness (QED) is 0.868. The molecule has 0 unspecified atom stereocenters. The molecule has 0 spiro atoms. The molecule has 1 saturated heterocycles. The van der Waals surface area contributed by atoms with Crippen molar-refractivity contribution in [3.05, 3.63) is 48.1 Å². The average Bonchev–Trinajstić information content (AvgIpc) is 3.19. The van der Waals surface area contributed by atoms with Crippen LogP contribution < -0.4 is 0 Å². The van der Waals surface area contributed by atoms with Gasteiger partial charge in [-0.25, -0.2) is 18.4 Å². The zero-order chi connectivity index (χ0) is 16.7. The van der Waals surface area contributed by atoms with Gasteiger partial charge in [-0.1, -0.05) is 12.1 Å². The zero-order valence-electron chi connectivity index (χ0n) is 13.1. The summed E-state index contributed by atoms with van der Waals surface area (Å²) >= 11 is 0. The topological polar surface area (TPSA) is 51.0 Å². The number of halogens is 2. The first-order valence-corrected chi connectivity index (χ1v) is 8.22. The summed E-state index contributed by atoms with van der Waals surface area (Å²) in [4.78, 5) is 18.5. The third-order valence-corrected chi connectivity index (χ3v) is 5.01. The second kappa shape index (κ2) is 5.96. The van der Waals surface area contributed by atoms with Gasteiger partial charge in [0.2, 0.25) is 5.91 Å². The molecular weight excluding hydrogens is 314 g/mol. The average molecular weight is 332 g/mol. The number of carbonyl (C=O) groups is 1. The van der Waals surface area contributed by atoms with Crippen LogP contribution in [0.2, 0.25) is 0 Å². The highest BCUT2D eigenvalue weighted by Gasteiger charge is 2.47. The molecule has 2 fully saturated rings. The Bertz CT molecular complexity index is 749. The van der Waals surface area contributed by atoms with Gasteiger partial charge in [0.05, 0.1) is 6.04 Å². The number of piperidine rings is 1. The van der Waals surface area contributed by atoms with Crippen molar-refractivity contribution in [1.82, 2.24) is 19.7 Å². The number of hydrogen-bond acceptors (Lipinski definition) is 3. The van der Waals surface area contributed by atoms with Crippen LogP contribution in [0.5, 0.6) is 0 Å². The van der Waals surface area contributed by atoms with E-state index >= 15 is 0 Å². The number of aromatic nitrogens is 3. The van der Waals surface area contributed by atoms with Crippen molar-refractivity contribution in [2.24, 2.45) is 5.92 Å². The van der Waals surface area contributed by atoms with Crippen LogP contribution in [-0.4, -0.2) is 38.7 Å². The largest absolute Gasteiger partial charge is 0.340 e. The lowest BCUT2D eigenvalue weighted by atomic mass is 10.0. The molecule has 4 rings (SSSR count). The monoisotopic (exact) mass is 332 g/mol. The Morgan fingerprint density at radius 3 is 2.96 bits per heavy atom. The number of carbonyl (C=O) groups excluding carboxylic acids is 1. The molecular formula is C17H18F2N4O. The van der Waals surface area contributed by atoms with E-state index in [0.29, 0.717) is 25.1 Å². The smallest absolute Gasteiger partial charge is 0.226 e. The van der Waals surface area contributed by atoms with Crippen molar-refractivity contribution in [3.8, 4) is 0 Å². The summed E-state index contributed by atoms with van der Waals surface area (Å²) in [5.41, 5.74) is 0.318. The Balaban J connectivity index is 1.44. The second-order valence-corrected chi connectivity index (χ2v) is 6.55.